The number of hydrogen-bond acceptors (Lipinski definition) is 5. The number of fused-ring (bicyclic) bond motifs is 1. The summed E-state index contributed by atoms with van der Waals surface area (Å²) in [4.78, 5) is 24.3. The van der Waals surface area contributed by atoms with Gasteiger partial charge in [-0.2, -0.15) is 5.26 Å². The lowest BCUT2D eigenvalue weighted by molar-refractivity contribution is -0.113. The van der Waals surface area contributed by atoms with Crippen molar-refractivity contribution in [3.8, 4) is 6.07 Å². The summed E-state index contributed by atoms with van der Waals surface area (Å²) in [6.45, 7) is 1.63. The molecule has 2 N–H and O–H groups in total. The van der Waals surface area contributed by atoms with Crippen molar-refractivity contribution in [1.82, 2.24) is 5.16 Å². The second-order valence-electron chi connectivity index (χ2n) is 4.78. The number of hydrogen-bond donors (Lipinski definition) is 2. The molecule has 1 aliphatic rings. The first-order valence-electron chi connectivity index (χ1n) is 6.50. The summed E-state index contributed by atoms with van der Waals surface area (Å²) in [5.74, 6) is -1.48. The van der Waals surface area contributed by atoms with Crippen LogP contribution >= 0.6 is 0 Å². The Labute approximate surface area is 129 Å². The van der Waals surface area contributed by atoms with Crippen molar-refractivity contribution in [3.63, 3.8) is 0 Å². The molecule has 1 aromatic carbocycles. The summed E-state index contributed by atoms with van der Waals surface area (Å²) in [5.41, 5.74) is -0.116. The Bertz CT molecular complexity index is 908. The number of aryl methyl sites for hydroxylation is 1. The van der Waals surface area contributed by atoms with E-state index in [2.05, 4.69) is 15.8 Å². The summed E-state index contributed by atoms with van der Waals surface area (Å²) in [6.07, 6.45) is 0. The Morgan fingerprint density at radius 2 is 2.22 bits per heavy atom. The second-order valence-corrected chi connectivity index (χ2v) is 4.78. The monoisotopic (exact) mass is 312 g/mol. The normalized spacial score (nSPS) is 14.7. The molecule has 2 heterocycles. The molecular formula is C15H9FN4O3. The zero-order valence-corrected chi connectivity index (χ0v) is 11.8. The first kappa shape index (κ1) is 14.5. The molecule has 0 unspecified atom stereocenters. The Kier molecular flexibility index (Phi) is 3.38. The number of rotatable bonds is 2. The van der Waals surface area contributed by atoms with Crippen LogP contribution in [0.3, 0.4) is 0 Å². The molecule has 0 saturated carbocycles. The van der Waals surface area contributed by atoms with Crippen LogP contribution in [-0.2, 0) is 9.59 Å². The third kappa shape index (κ3) is 2.55. The lowest BCUT2D eigenvalue weighted by atomic mass is 10.0. The molecule has 0 atom stereocenters. The topological polar surface area (TPSA) is 108 Å². The van der Waals surface area contributed by atoms with Gasteiger partial charge >= 0.3 is 0 Å². The maximum Gasteiger partial charge on any atom is 0.268 e. The van der Waals surface area contributed by atoms with Crippen molar-refractivity contribution in [2.75, 3.05) is 10.6 Å². The summed E-state index contributed by atoms with van der Waals surface area (Å²) >= 11 is 0. The van der Waals surface area contributed by atoms with E-state index in [4.69, 9.17) is 4.52 Å². The number of amides is 2. The number of nitrogens with zero attached hydrogens (tertiary/aromatic N) is 2. The number of benzene rings is 1. The van der Waals surface area contributed by atoms with E-state index in [1.807, 2.05) is 0 Å². The fourth-order valence-corrected chi connectivity index (χ4v) is 2.21. The number of aromatic nitrogens is 1. The molecule has 3 rings (SSSR count). The van der Waals surface area contributed by atoms with E-state index in [9.17, 15) is 19.2 Å². The van der Waals surface area contributed by atoms with Crippen LogP contribution < -0.4 is 10.6 Å². The molecule has 0 saturated heterocycles. The Balaban J connectivity index is 2.04. The predicted octanol–water partition coefficient (Wildman–Crippen LogP) is 1.99. The third-order valence-electron chi connectivity index (χ3n) is 3.18. The first-order chi connectivity index (χ1) is 11.0. The van der Waals surface area contributed by atoms with Crippen molar-refractivity contribution in [2.45, 2.75) is 6.92 Å². The maximum atomic E-state index is 13.4. The van der Waals surface area contributed by atoms with E-state index in [0.29, 0.717) is 11.4 Å². The largest absolute Gasteiger partial charge is 0.360 e. The van der Waals surface area contributed by atoms with Crippen LogP contribution in [-0.4, -0.2) is 17.0 Å². The summed E-state index contributed by atoms with van der Waals surface area (Å²) in [7, 11) is 0. The van der Waals surface area contributed by atoms with Crippen molar-refractivity contribution >= 4 is 28.9 Å². The van der Waals surface area contributed by atoms with Gasteiger partial charge in [0.25, 0.3) is 11.8 Å². The van der Waals surface area contributed by atoms with E-state index in [1.54, 1.807) is 13.0 Å². The van der Waals surface area contributed by atoms with Gasteiger partial charge in [0.15, 0.2) is 5.82 Å². The number of halogens is 1. The van der Waals surface area contributed by atoms with Crippen LogP contribution in [0.2, 0.25) is 0 Å². The minimum absolute atomic E-state index is 0.110. The number of nitrogens with one attached hydrogen (secondary N) is 2. The van der Waals surface area contributed by atoms with Crippen LogP contribution in [0.4, 0.5) is 15.9 Å². The molecule has 2 aromatic rings. The minimum Gasteiger partial charge on any atom is -0.360 e. The number of nitriles is 1. The summed E-state index contributed by atoms with van der Waals surface area (Å²) < 4.78 is 18.2. The highest BCUT2D eigenvalue weighted by Gasteiger charge is 2.31. The highest BCUT2D eigenvalue weighted by molar-refractivity contribution is 6.37. The van der Waals surface area contributed by atoms with Crippen LogP contribution in [0.1, 0.15) is 11.3 Å². The van der Waals surface area contributed by atoms with Crippen LogP contribution in [0.5, 0.6) is 0 Å². The highest BCUT2D eigenvalue weighted by atomic mass is 19.1. The maximum absolute atomic E-state index is 13.4. The van der Waals surface area contributed by atoms with Gasteiger partial charge in [-0.3, -0.25) is 9.59 Å². The fourth-order valence-electron chi connectivity index (χ4n) is 2.21. The first-order valence-corrected chi connectivity index (χ1v) is 6.50. The third-order valence-corrected chi connectivity index (χ3v) is 3.18. The van der Waals surface area contributed by atoms with Crippen molar-refractivity contribution in [1.29, 1.82) is 5.26 Å². The van der Waals surface area contributed by atoms with Gasteiger partial charge < -0.3 is 15.2 Å². The lowest BCUT2D eigenvalue weighted by Crippen LogP contribution is -2.17. The molecule has 0 spiro atoms. The van der Waals surface area contributed by atoms with E-state index >= 15 is 0 Å². The highest BCUT2D eigenvalue weighted by Crippen LogP contribution is 2.34. The molecule has 114 valence electrons. The van der Waals surface area contributed by atoms with Gasteiger partial charge in [-0.15, -0.1) is 0 Å². The Morgan fingerprint density at radius 3 is 2.87 bits per heavy atom. The van der Waals surface area contributed by atoms with Gasteiger partial charge in [0.2, 0.25) is 0 Å². The standard InChI is InChI=1S/C15H9FN4O3/c1-7-4-12(20-23-7)19-14(21)10(6-17)13-9-5-8(16)2-3-11(9)18-15(13)22/h2-5H,1H3,(H,18,22)(H,19,20,21)/b13-10-. The Hall–Kier alpha value is -3.47. The van der Waals surface area contributed by atoms with Crippen LogP contribution in [0.15, 0.2) is 34.4 Å². The van der Waals surface area contributed by atoms with Gasteiger partial charge in [-0.05, 0) is 25.1 Å². The number of carbonyl (C=O) groups is 2. The second kappa shape index (κ2) is 5.38. The average Bonchev–Trinajstić information content (AvgIpc) is 3.04. The average molecular weight is 312 g/mol. The summed E-state index contributed by atoms with van der Waals surface area (Å²) in [6, 6.07) is 6.77. The molecule has 1 aromatic heterocycles. The molecule has 0 radical (unpaired) electrons. The smallest absolute Gasteiger partial charge is 0.268 e. The molecule has 8 heteroatoms. The molecular weight excluding hydrogens is 303 g/mol. The van der Waals surface area contributed by atoms with Gasteiger partial charge in [-0.1, -0.05) is 5.16 Å². The molecule has 0 aliphatic carbocycles. The van der Waals surface area contributed by atoms with Crippen LogP contribution in [0, 0.1) is 24.1 Å². The van der Waals surface area contributed by atoms with Gasteiger partial charge in [0.05, 0.1) is 5.57 Å². The van der Waals surface area contributed by atoms with E-state index in [0.717, 1.165) is 6.07 Å². The predicted molar refractivity (Wildman–Crippen MR) is 77.4 cm³/mol. The van der Waals surface area contributed by atoms with Crippen molar-refractivity contribution in [3.05, 3.63) is 47.0 Å². The summed E-state index contributed by atoms with van der Waals surface area (Å²) in [5, 5.41) is 17.7. The van der Waals surface area contributed by atoms with Gasteiger partial charge in [0, 0.05) is 17.3 Å². The lowest BCUT2D eigenvalue weighted by Gasteiger charge is -2.03. The molecule has 2 amide bonds. The zero-order valence-electron chi connectivity index (χ0n) is 11.8. The van der Waals surface area contributed by atoms with Gasteiger partial charge in [0.1, 0.15) is 23.2 Å². The van der Waals surface area contributed by atoms with Crippen LogP contribution in [0.25, 0.3) is 5.57 Å². The quantitative estimate of drug-likeness (QED) is 0.651. The van der Waals surface area contributed by atoms with Crippen molar-refractivity contribution in [2.24, 2.45) is 0 Å². The van der Waals surface area contributed by atoms with E-state index < -0.39 is 23.2 Å². The van der Waals surface area contributed by atoms with E-state index in [1.165, 1.54) is 18.2 Å². The molecule has 1 aliphatic heterocycles. The number of carbonyl (C=O) groups excluding carboxylic acids is 2. The molecule has 7 nitrogen and oxygen atoms in total. The SMILES string of the molecule is Cc1cc(NC(=O)/C(C#N)=C2\C(=O)Nc3ccc(F)cc32)no1. The fraction of sp³-hybridized carbons (Fsp3) is 0.0667. The number of anilines is 2. The van der Waals surface area contributed by atoms with Crippen molar-refractivity contribution < 1.29 is 18.5 Å². The van der Waals surface area contributed by atoms with Gasteiger partial charge in [-0.25, -0.2) is 4.39 Å². The Morgan fingerprint density at radius 1 is 1.43 bits per heavy atom. The molecule has 0 bridgehead atoms. The van der Waals surface area contributed by atoms with E-state index in [-0.39, 0.29) is 17.0 Å². The molecule has 23 heavy (non-hydrogen) atoms. The molecule has 0 fully saturated rings. The minimum atomic E-state index is -0.830. The zero-order chi connectivity index (χ0) is 16.6.